The third kappa shape index (κ3) is 3.64. The van der Waals surface area contributed by atoms with Crippen molar-refractivity contribution in [3.05, 3.63) is 52.8 Å². The van der Waals surface area contributed by atoms with Crippen molar-refractivity contribution in [2.75, 3.05) is 12.3 Å². The second-order valence-corrected chi connectivity index (χ2v) is 4.70. The number of amides is 1. The Labute approximate surface area is 126 Å². The summed E-state index contributed by atoms with van der Waals surface area (Å²) in [5.41, 5.74) is 6.48. The van der Waals surface area contributed by atoms with Gasteiger partial charge in [-0.2, -0.15) is 0 Å². The van der Waals surface area contributed by atoms with Crippen LogP contribution in [0.15, 0.2) is 36.4 Å². The van der Waals surface area contributed by atoms with Gasteiger partial charge in [0, 0.05) is 18.3 Å². The number of nitrogens with one attached hydrogen (secondary N) is 1. The lowest BCUT2D eigenvalue weighted by atomic mass is 10.1. The van der Waals surface area contributed by atoms with E-state index in [1.54, 1.807) is 12.1 Å². The minimum atomic E-state index is -0.469. The highest BCUT2D eigenvalue weighted by Crippen LogP contribution is 2.32. The van der Waals surface area contributed by atoms with Gasteiger partial charge in [-0.15, -0.1) is 0 Å². The largest absolute Gasteiger partial charge is 0.455 e. The minimum absolute atomic E-state index is 0.110. The van der Waals surface area contributed by atoms with Crippen LogP contribution in [0.25, 0.3) is 0 Å². The molecule has 0 saturated heterocycles. The number of benzene rings is 2. The highest BCUT2D eigenvalue weighted by molar-refractivity contribution is 6.32. The number of ether oxygens (including phenoxy) is 1. The minimum Gasteiger partial charge on any atom is -0.455 e. The molecule has 0 aliphatic heterocycles. The van der Waals surface area contributed by atoms with Crippen LogP contribution in [0.1, 0.15) is 17.3 Å². The Morgan fingerprint density at radius 2 is 2.05 bits per heavy atom. The van der Waals surface area contributed by atoms with Crippen molar-refractivity contribution in [3.63, 3.8) is 0 Å². The predicted molar refractivity (Wildman–Crippen MR) is 80.3 cm³/mol. The van der Waals surface area contributed by atoms with Gasteiger partial charge in [0.25, 0.3) is 5.91 Å². The van der Waals surface area contributed by atoms with Gasteiger partial charge in [-0.3, -0.25) is 4.79 Å². The topological polar surface area (TPSA) is 64.4 Å². The zero-order valence-corrected chi connectivity index (χ0v) is 12.1. The predicted octanol–water partition coefficient (Wildman–Crippen LogP) is 3.60. The van der Waals surface area contributed by atoms with E-state index < -0.39 is 5.82 Å². The summed E-state index contributed by atoms with van der Waals surface area (Å²) in [5.74, 6) is -0.252. The summed E-state index contributed by atoms with van der Waals surface area (Å²) in [7, 11) is 0. The Morgan fingerprint density at radius 1 is 1.29 bits per heavy atom. The normalized spacial score (nSPS) is 10.2. The number of halogens is 2. The van der Waals surface area contributed by atoms with Crippen LogP contribution in [-0.4, -0.2) is 12.5 Å². The van der Waals surface area contributed by atoms with Crippen LogP contribution in [0.5, 0.6) is 11.5 Å². The number of carbonyl (C=O) groups excluding carboxylic acids is 1. The van der Waals surface area contributed by atoms with E-state index in [1.165, 1.54) is 18.2 Å². The Hall–Kier alpha value is -2.27. The molecule has 0 aromatic heterocycles. The molecule has 0 unspecified atom stereocenters. The SMILES string of the molecule is CCNC(=O)c1ccc(N)cc1Oc1ccc(F)cc1Cl. The fourth-order valence-electron chi connectivity index (χ4n) is 1.74. The number of carbonyl (C=O) groups is 1. The van der Waals surface area contributed by atoms with E-state index in [4.69, 9.17) is 22.1 Å². The van der Waals surface area contributed by atoms with Crippen LogP contribution in [0.2, 0.25) is 5.02 Å². The van der Waals surface area contributed by atoms with Crippen molar-refractivity contribution in [2.24, 2.45) is 0 Å². The van der Waals surface area contributed by atoms with Gasteiger partial charge in [0.1, 0.15) is 17.3 Å². The van der Waals surface area contributed by atoms with Crippen molar-refractivity contribution < 1.29 is 13.9 Å². The molecule has 0 saturated carbocycles. The first-order chi connectivity index (χ1) is 10.0. The summed E-state index contributed by atoms with van der Waals surface area (Å²) in [6, 6.07) is 8.43. The van der Waals surface area contributed by atoms with E-state index in [0.717, 1.165) is 6.07 Å². The number of nitrogens with two attached hydrogens (primary N) is 1. The lowest BCUT2D eigenvalue weighted by molar-refractivity contribution is 0.0953. The molecule has 0 aliphatic rings. The standard InChI is InChI=1S/C15H14ClFN2O2/c1-2-19-15(20)11-5-4-10(18)8-14(11)21-13-6-3-9(17)7-12(13)16/h3-8H,2,18H2,1H3,(H,19,20). The quantitative estimate of drug-likeness (QED) is 0.848. The fourth-order valence-corrected chi connectivity index (χ4v) is 1.95. The van der Waals surface area contributed by atoms with Gasteiger partial charge in [0.05, 0.1) is 10.6 Å². The van der Waals surface area contributed by atoms with Gasteiger partial charge in [-0.05, 0) is 37.3 Å². The molecule has 110 valence electrons. The van der Waals surface area contributed by atoms with Gasteiger partial charge in [0.15, 0.2) is 0 Å². The number of hydrogen-bond donors (Lipinski definition) is 2. The molecule has 0 atom stereocenters. The smallest absolute Gasteiger partial charge is 0.255 e. The summed E-state index contributed by atoms with van der Waals surface area (Å²) < 4.78 is 18.6. The molecule has 4 nitrogen and oxygen atoms in total. The van der Waals surface area contributed by atoms with Crippen molar-refractivity contribution in [1.29, 1.82) is 0 Å². The van der Waals surface area contributed by atoms with Crippen molar-refractivity contribution >= 4 is 23.2 Å². The molecule has 21 heavy (non-hydrogen) atoms. The van der Waals surface area contributed by atoms with Crippen LogP contribution in [0.3, 0.4) is 0 Å². The summed E-state index contributed by atoms with van der Waals surface area (Å²) in [6.07, 6.45) is 0. The molecule has 2 rings (SSSR count). The second-order valence-electron chi connectivity index (χ2n) is 4.29. The fraction of sp³-hybridized carbons (Fsp3) is 0.133. The van der Waals surface area contributed by atoms with Gasteiger partial charge < -0.3 is 15.8 Å². The summed E-state index contributed by atoms with van der Waals surface area (Å²) >= 11 is 5.92. The highest BCUT2D eigenvalue weighted by Gasteiger charge is 2.14. The van der Waals surface area contributed by atoms with E-state index in [-0.39, 0.29) is 22.4 Å². The molecule has 0 radical (unpaired) electrons. The number of nitrogen functional groups attached to an aromatic ring is 1. The summed E-state index contributed by atoms with van der Waals surface area (Å²) in [6.45, 7) is 2.30. The first-order valence-electron chi connectivity index (χ1n) is 6.32. The maximum Gasteiger partial charge on any atom is 0.255 e. The average molecular weight is 309 g/mol. The molecule has 0 fully saturated rings. The monoisotopic (exact) mass is 308 g/mol. The van der Waals surface area contributed by atoms with Crippen molar-refractivity contribution in [1.82, 2.24) is 5.32 Å². The third-order valence-electron chi connectivity index (χ3n) is 2.70. The molecule has 2 aromatic rings. The first-order valence-corrected chi connectivity index (χ1v) is 6.69. The lowest BCUT2D eigenvalue weighted by Gasteiger charge is -2.12. The van der Waals surface area contributed by atoms with Gasteiger partial charge in [0.2, 0.25) is 0 Å². The van der Waals surface area contributed by atoms with E-state index in [1.807, 2.05) is 6.92 Å². The molecule has 2 aromatic carbocycles. The zero-order chi connectivity index (χ0) is 15.4. The van der Waals surface area contributed by atoms with Gasteiger partial charge in [-0.1, -0.05) is 11.6 Å². The maximum absolute atomic E-state index is 13.0. The first kappa shape index (κ1) is 15.1. The van der Waals surface area contributed by atoms with Crippen LogP contribution in [0.4, 0.5) is 10.1 Å². The Morgan fingerprint density at radius 3 is 2.71 bits per heavy atom. The van der Waals surface area contributed by atoms with E-state index >= 15 is 0 Å². The van der Waals surface area contributed by atoms with Gasteiger partial charge >= 0.3 is 0 Å². The highest BCUT2D eigenvalue weighted by atomic mass is 35.5. The molecule has 1 amide bonds. The molecule has 0 spiro atoms. The van der Waals surface area contributed by atoms with Crippen LogP contribution < -0.4 is 15.8 Å². The third-order valence-corrected chi connectivity index (χ3v) is 3.00. The van der Waals surface area contributed by atoms with E-state index in [0.29, 0.717) is 17.8 Å². The van der Waals surface area contributed by atoms with E-state index in [9.17, 15) is 9.18 Å². The number of anilines is 1. The lowest BCUT2D eigenvalue weighted by Crippen LogP contribution is -2.23. The average Bonchev–Trinajstić information content (AvgIpc) is 2.42. The van der Waals surface area contributed by atoms with E-state index in [2.05, 4.69) is 5.32 Å². The summed E-state index contributed by atoms with van der Waals surface area (Å²) in [4.78, 5) is 12.0. The van der Waals surface area contributed by atoms with Crippen molar-refractivity contribution in [3.8, 4) is 11.5 Å². The molecule has 6 heteroatoms. The second kappa shape index (κ2) is 6.45. The zero-order valence-electron chi connectivity index (χ0n) is 11.3. The summed E-state index contributed by atoms with van der Waals surface area (Å²) in [5, 5.41) is 2.79. The Kier molecular flexibility index (Phi) is 4.65. The maximum atomic E-state index is 13.0. The number of hydrogen-bond acceptors (Lipinski definition) is 3. The molecular weight excluding hydrogens is 295 g/mol. The number of rotatable bonds is 4. The Bertz CT molecular complexity index is 677. The molecule has 0 aliphatic carbocycles. The molecule has 0 heterocycles. The van der Waals surface area contributed by atoms with Crippen LogP contribution in [-0.2, 0) is 0 Å². The van der Waals surface area contributed by atoms with Crippen LogP contribution >= 0.6 is 11.6 Å². The van der Waals surface area contributed by atoms with Gasteiger partial charge in [-0.25, -0.2) is 4.39 Å². The molecule has 3 N–H and O–H groups in total. The van der Waals surface area contributed by atoms with Crippen LogP contribution in [0, 0.1) is 5.82 Å². The molecular formula is C15H14ClFN2O2. The molecule has 0 bridgehead atoms. The Balaban J connectivity index is 2.38. The van der Waals surface area contributed by atoms with Crippen molar-refractivity contribution in [2.45, 2.75) is 6.92 Å².